The highest BCUT2D eigenvalue weighted by Gasteiger charge is 2.17. The molecule has 0 spiro atoms. The molecule has 1 N–H and O–H groups in total. The van der Waals surface area contributed by atoms with Gasteiger partial charge in [0, 0.05) is 22.3 Å². The first kappa shape index (κ1) is 15.7. The van der Waals surface area contributed by atoms with Crippen molar-refractivity contribution in [2.24, 2.45) is 0 Å². The fraction of sp³-hybridized carbons (Fsp3) is 0.294. The molecule has 0 bridgehead atoms. The van der Waals surface area contributed by atoms with Gasteiger partial charge in [-0.2, -0.15) is 0 Å². The van der Waals surface area contributed by atoms with E-state index in [1.807, 2.05) is 62.5 Å². The van der Waals surface area contributed by atoms with Crippen LogP contribution in [0.4, 0.5) is 0 Å². The molecule has 2 atom stereocenters. The van der Waals surface area contributed by atoms with Crippen molar-refractivity contribution < 1.29 is 8.95 Å². The predicted molar refractivity (Wildman–Crippen MR) is 87.2 cm³/mol. The summed E-state index contributed by atoms with van der Waals surface area (Å²) in [5.41, 5.74) is 2.20. The van der Waals surface area contributed by atoms with Crippen molar-refractivity contribution in [3.8, 4) is 5.75 Å². The molecule has 0 aliphatic carbocycles. The maximum atomic E-state index is 12.5. The maximum absolute atomic E-state index is 12.5. The van der Waals surface area contributed by atoms with E-state index in [4.69, 9.17) is 4.74 Å². The van der Waals surface area contributed by atoms with Crippen LogP contribution in [0.25, 0.3) is 0 Å². The summed E-state index contributed by atoms with van der Waals surface area (Å²) >= 11 is 0. The summed E-state index contributed by atoms with van der Waals surface area (Å²) in [6, 6.07) is 15.7. The lowest BCUT2D eigenvalue weighted by molar-refractivity contribution is 0.404. The number of methoxy groups -OCH3 is 1. The van der Waals surface area contributed by atoms with Crippen LogP contribution in [0.1, 0.15) is 17.2 Å². The average Bonchev–Trinajstić information content (AvgIpc) is 2.53. The van der Waals surface area contributed by atoms with Crippen molar-refractivity contribution >= 4 is 10.8 Å². The zero-order valence-electron chi connectivity index (χ0n) is 12.6. The summed E-state index contributed by atoms with van der Waals surface area (Å²) in [6.07, 6.45) is 0. The van der Waals surface area contributed by atoms with Gasteiger partial charge in [-0.15, -0.1) is 0 Å². The number of para-hydroxylation sites is 1. The van der Waals surface area contributed by atoms with Crippen LogP contribution >= 0.6 is 0 Å². The highest BCUT2D eigenvalue weighted by atomic mass is 32.2. The van der Waals surface area contributed by atoms with Crippen LogP contribution in [0.15, 0.2) is 53.4 Å². The Hall–Kier alpha value is -1.65. The molecule has 2 aromatic rings. The van der Waals surface area contributed by atoms with Crippen LogP contribution in [0.2, 0.25) is 0 Å². The molecule has 0 saturated carbocycles. The minimum Gasteiger partial charge on any atom is -0.496 e. The summed E-state index contributed by atoms with van der Waals surface area (Å²) in [4.78, 5) is 0.857. The number of nitrogens with one attached hydrogen (secondary N) is 1. The second-order valence-corrected chi connectivity index (χ2v) is 6.40. The van der Waals surface area contributed by atoms with Crippen molar-refractivity contribution in [1.29, 1.82) is 0 Å². The zero-order valence-corrected chi connectivity index (χ0v) is 13.4. The summed E-state index contributed by atoms with van der Waals surface area (Å²) in [5.74, 6) is 1.33. The van der Waals surface area contributed by atoms with E-state index in [2.05, 4.69) is 5.32 Å². The third kappa shape index (κ3) is 3.93. The first-order valence-corrected chi connectivity index (χ1v) is 8.23. The molecule has 0 radical (unpaired) electrons. The van der Waals surface area contributed by atoms with Gasteiger partial charge in [0.2, 0.25) is 0 Å². The molecule has 0 aliphatic heterocycles. The second kappa shape index (κ2) is 7.38. The Morgan fingerprint density at radius 2 is 1.81 bits per heavy atom. The summed E-state index contributed by atoms with van der Waals surface area (Å²) in [5, 5.41) is 3.23. The third-order valence-electron chi connectivity index (χ3n) is 3.46. The van der Waals surface area contributed by atoms with Gasteiger partial charge < -0.3 is 10.1 Å². The first-order chi connectivity index (χ1) is 10.2. The van der Waals surface area contributed by atoms with Gasteiger partial charge in [0.1, 0.15) is 5.75 Å². The molecular weight excluding hydrogens is 282 g/mol. The Bertz CT molecular complexity index is 610. The highest BCUT2D eigenvalue weighted by molar-refractivity contribution is 7.85. The van der Waals surface area contributed by atoms with Crippen LogP contribution in [0.5, 0.6) is 5.75 Å². The van der Waals surface area contributed by atoms with Crippen LogP contribution in [0, 0.1) is 6.92 Å². The van der Waals surface area contributed by atoms with Gasteiger partial charge in [0.15, 0.2) is 0 Å². The van der Waals surface area contributed by atoms with Gasteiger partial charge in [-0.25, -0.2) is 0 Å². The predicted octanol–water partition coefficient (Wildman–Crippen LogP) is 3.07. The fourth-order valence-corrected chi connectivity index (χ4v) is 3.50. The van der Waals surface area contributed by atoms with E-state index < -0.39 is 10.8 Å². The molecule has 0 amide bonds. The Morgan fingerprint density at radius 3 is 2.43 bits per heavy atom. The number of benzene rings is 2. The normalized spacial score (nSPS) is 13.7. The van der Waals surface area contributed by atoms with Gasteiger partial charge in [-0.1, -0.05) is 35.9 Å². The molecule has 0 heterocycles. The van der Waals surface area contributed by atoms with E-state index in [1.54, 1.807) is 7.11 Å². The van der Waals surface area contributed by atoms with Crippen LogP contribution < -0.4 is 10.1 Å². The minimum absolute atomic E-state index is 0.0108. The number of rotatable bonds is 6. The lowest BCUT2D eigenvalue weighted by Gasteiger charge is -2.19. The third-order valence-corrected chi connectivity index (χ3v) is 4.90. The summed E-state index contributed by atoms with van der Waals surface area (Å²) in [6.45, 7) is 2.03. The molecule has 3 nitrogen and oxygen atoms in total. The second-order valence-electron chi connectivity index (χ2n) is 4.91. The number of hydrogen-bond donors (Lipinski definition) is 1. The van der Waals surface area contributed by atoms with E-state index in [0.29, 0.717) is 5.75 Å². The number of aryl methyl sites for hydroxylation is 1. The smallest absolute Gasteiger partial charge is 0.123 e. The average molecular weight is 303 g/mol. The number of hydrogen-bond acceptors (Lipinski definition) is 3. The molecule has 112 valence electrons. The molecule has 21 heavy (non-hydrogen) atoms. The maximum Gasteiger partial charge on any atom is 0.123 e. The van der Waals surface area contributed by atoms with Crippen molar-refractivity contribution in [2.45, 2.75) is 17.9 Å². The van der Waals surface area contributed by atoms with Crippen LogP contribution in [-0.2, 0) is 10.8 Å². The molecule has 2 aromatic carbocycles. The van der Waals surface area contributed by atoms with E-state index in [0.717, 1.165) is 16.2 Å². The molecule has 2 rings (SSSR count). The Morgan fingerprint density at radius 1 is 1.14 bits per heavy atom. The van der Waals surface area contributed by atoms with E-state index >= 15 is 0 Å². The summed E-state index contributed by atoms with van der Waals surface area (Å²) < 4.78 is 17.9. The van der Waals surface area contributed by atoms with Gasteiger partial charge >= 0.3 is 0 Å². The number of ether oxygens (including phenoxy) is 1. The van der Waals surface area contributed by atoms with E-state index in [1.165, 1.54) is 5.56 Å². The first-order valence-electron chi connectivity index (χ1n) is 6.91. The lowest BCUT2D eigenvalue weighted by atomic mass is 10.1. The highest BCUT2D eigenvalue weighted by Crippen LogP contribution is 2.26. The topological polar surface area (TPSA) is 38.3 Å². The SMILES string of the molecule is CNC(CS(=O)c1ccc(C)cc1)c1ccccc1OC. The minimum atomic E-state index is -1.05. The van der Waals surface area contributed by atoms with E-state index in [-0.39, 0.29) is 6.04 Å². The molecule has 0 saturated heterocycles. The standard InChI is InChI=1S/C17H21NO2S/c1-13-8-10-14(11-9-13)21(19)12-16(18-2)15-6-4-5-7-17(15)20-3/h4-11,16,18H,12H2,1-3H3. The van der Waals surface area contributed by atoms with Crippen molar-refractivity contribution in [2.75, 3.05) is 19.9 Å². The Balaban J connectivity index is 2.19. The Kier molecular flexibility index (Phi) is 5.53. The van der Waals surface area contributed by atoms with Crippen LogP contribution in [-0.4, -0.2) is 24.1 Å². The summed E-state index contributed by atoms with van der Waals surface area (Å²) in [7, 11) is 2.48. The zero-order chi connectivity index (χ0) is 15.2. The van der Waals surface area contributed by atoms with Gasteiger partial charge in [0.05, 0.1) is 17.9 Å². The lowest BCUT2D eigenvalue weighted by Crippen LogP contribution is -2.23. The fourth-order valence-electron chi connectivity index (χ4n) is 2.22. The van der Waals surface area contributed by atoms with E-state index in [9.17, 15) is 4.21 Å². The molecule has 0 fully saturated rings. The largest absolute Gasteiger partial charge is 0.496 e. The molecule has 0 aliphatic rings. The molecule has 4 heteroatoms. The van der Waals surface area contributed by atoms with Crippen molar-refractivity contribution in [3.63, 3.8) is 0 Å². The quantitative estimate of drug-likeness (QED) is 0.891. The van der Waals surface area contributed by atoms with Gasteiger partial charge in [-0.05, 0) is 32.2 Å². The van der Waals surface area contributed by atoms with Crippen molar-refractivity contribution in [3.05, 3.63) is 59.7 Å². The van der Waals surface area contributed by atoms with Gasteiger partial charge in [0.25, 0.3) is 0 Å². The Labute approximate surface area is 128 Å². The monoisotopic (exact) mass is 303 g/mol. The molecule has 0 aromatic heterocycles. The van der Waals surface area contributed by atoms with Gasteiger partial charge in [-0.3, -0.25) is 4.21 Å². The molecule has 2 unspecified atom stereocenters. The van der Waals surface area contributed by atoms with Crippen LogP contribution in [0.3, 0.4) is 0 Å². The van der Waals surface area contributed by atoms with Crippen molar-refractivity contribution in [1.82, 2.24) is 5.32 Å². The molecular formula is C17H21NO2S.